The third-order valence-electron chi connectivity index (χ3n) is 5.38. The van der Waals surface area contributed by atoms with Crippen molar-refractivity contribution >= 4 is 35.3 Å². The van der Waals surface area contributed by atoms with Crippen LogP contribution >= 0.6 is 11.8 Å². The van der Waals surface area contributed by atoms with Crippen molar-refractivity contribution in [3.63, 3.8) is 0 Å². The van der Waals surface area contributed by atoms with Crippen LogP contribution in [0.3, 0.4) is 0 Å². The lowest BCUT2D eigenvalue weighted by Gasteiger charge is -2.27. The van der Waals surface area contributed by atoms with Gasteiger partial charge < -0.3 is 10.2 Å². The number of benzene rings is 2. The molecule has 0 radical (unpaired) electrons. The molecule has 2 aromatic carbocycles. The van der Waals surface area contributed by atoms with Crippen LogP contribution in [0.5, 0.6) is 0 Å². The number of nitrogens with zero attached hydrogens (tertiary/aromatic N) is 1. The van der Waals surface area contributed by atoms with E-state index in [2.05, 4.69) is 5.32 Å². The summed E-state index contributed by atoms with van der Waals surface area (Å²) in [6.45, 7) is 2.04. The zero-order valence-corrected chi connectivity index (χ0v) is 17.0. The Kier molecular flexibility index (Phi) is 5.27. The minimum atomic E-state index is -0.0541. The zero-order chi connectivity index (χ0) is 19.7. The smallest absolute Gasteiger partial charge is 0.264 e. The lowest BCUT2D eigenvalue weighted by atomic mass is 10.1. The minimum Gasteiger partial charge on any atom is -0.349 e. The molecule has 0 atom stereocenters. The van der Waals surface area contributed by atoms with Crippen molar-refractivity contribution in [3.05, 3.63) is 64.1 Å². The Morgan fingerprint density at radius 2 is 1.86 bits per heavy atom. The Balaban J connectivity index is 1.57. The number of aryl methyl sites for hydroxylation is 1. The standard InChI is InChI=1S/C23H24N2O2S/c1-15-7-9-16(10-8-15)13-21-23(27)25(2)19-14-17(11-12-20(19)28-21)22(26)24-18-5-3-4-6-18/h7-14,18H,3-6H2,1-2H3,(H,24,26). The predicted molar refractivity (Wildman–Crippen MR) is 115 cm³/mol. The van der Waals surface area contributed by atoms with Crippen LogP contribution in [0, 0.1) is 6.92 Å². The molecule has 2 aromatic rings. The van der Waals surface area contributed by atoms with Crippen LogP contribution in [0.1, 0.15) is 47.2 Å². The van der Waals surface area contributed by atoms with E-state index in [1.807, 2.05) is 55.5 Å². The van der Waals surface area contributed by atoms with Crippen LogP contribution in [0.15, 0.2) is 52.3 Å². The molecule has 4 nitrogen and oxygen atoms in total. The molecular formula is C23H24N2O2S. The molecule has 0 aromatic heterocycles. The topological polar surface area (TPSA) is 49.4 Å². The van der Waals surface area contributed by atoms with E-state index >= 15 is 0 Å². The number of hydrogen-bond acceptors (Lipinski definition) is 3. The van der Waals surface area contributed by atoms with Gasteiger partial charge in [-0.3, -0.25) is 9.59 Å². The predicted octanol–water partition coefficient (Wildman–Crippen LogP) is 4.78. The summed E-state index contributed by atoms with van der Waals surface area (Å²) >= 11 is 1.46. The van der Waals surface area contributed by atoms with Crippen molar-refractivity contribution in [1.29, 1.82) is 0 Å². The minimum absolute atomic E-state index is 0.0496. The number of anilines is 1. The summed E-state index contributed by atoms with van der Waals surface area (Å²) in [6, 6.07) is 14.0. The molecule has 1 saturated carbocycles. The van der Waals surface area contributed by atoms with E-state index < -0.39 is 0 Å². The maximum atomic E-state index is 12.9. The number of rotatable bonds is 3. The summed E-state index contributed by atoms with van der Waals surface area (Å²) in [7, 11) is 1.77. The van der Waals surface area contributed by atoms with E-state index in [-0.39, 0.29) is 17.9 Å². The molecular weight excluding hydrogens is 368 g/mol. The normalized spacial score (nSPS) is 18.4. The highest BCUT2D eigenvalue weighted by atomic mass is 32.2. The van der Waals surface area contributed by atoms with Gasteiger partial charge >= 0.3 is 0 Å². The fraction of sp³-hybridized carbons (Fsp3) is 0.304. The first-order valence-electron chi connectivity index (χ1n) is 9.70. The Bertz CT molecular complexity index is 944. The quantitative estimate of drug-likeness (QED) is 0.765. The van der Waals surface area contributed by atoms with Gasteiger partial charge in [-0.05, 0) is 49.6 Å². The summed E-state index contributed by atoms with van der Waals surface area (Å²) in [5, 5.41) is 3.11. The summed E-state index contributed by atoms with van der Waals surface area (Å²) in [6.07, 6.45) is 6.39. The highest BCUT2D eigenvalue weighted by molar-refractivity contribution is 8.04. The molecule has 5 heteroatoms. The van der Waals surface area contributed by atoms with Gasteiger partial charge in [0, 0.05) is 23.5 Å². The van der Waals surface area contributed by atoms with Gasteiger partial charge in [-0.1, -0.05) is 54.4 Å². The molecule has 1 heterocycles. The zero-order valence-electron chi connectivity index (χ0n) is 16.2. The van der Waals surface area contributed by atoms with Crippen molar-refractivity contribution in [2.75, 3.05) is 11.9 Å². The molecule has 0 spiro atoms. The van der Waals surface area contributed by atoms with E-state index in [1.54, 1.807) is 11.9 Å². The Hall–Kier alpha value is -2.53. The van der Waals surface area contributed by atoms with E-state index in [1.165, 1.54) is 30.2 Å². The van der Waals surface area contributed by atoms with Gasteiger partial charge in [0.1, 0.15) is 0 Å². The van der Waals surface area contributed by atoms with Crippen molar-refractivity contribution in [3.8, 4) is 0 Å². The Labute approximate surface area is 170 Å². The van der Waals surface area contributed by atoms with Gasteiger partial charge in [-0.25, -0.2) is 0 Å². The summed E-state index contributed by atoms with van der Waals surface area (Å²) < 4.78 is 0. The van der Waals surface area contributed by atoms with Gasteiger partial charge in [0.15, 0.2) is 0 Å². The van der Waals surface area contributed by atoms with Crippen molar-refractivity contribution in [2.45, 2.75) is 43.5 Å². The maximum absolute atomic E-state index is 12.9. The maximum Gasteiger partial charge on any atom is 0.264 e. The van der Waals surface area contributed by atoms with Crippen LogP contribution < -0.4 is 10.2 Å². The van der Waals surface area contributed by atoms with Gasteiger partial charge in [-0.15, -0.1) is 0 Å². The van der Waals surface area contributed by atoms with Crippen LogP contribution in [-0.4, -0.2) is 24.9 Å². The van der Waals surface area contributed by atoms with E-state index in [4.69, 9.17) is 0 Å². The number of nitrogens with one attached hydrogen (secondary N) is 1. The Morgan fingerprint density at radius 1 is 1.14 bits per heavy atom. The Morgan fingerprint density at radius 3 is 2.57 bits per heavy atom. The molecule has 2 amide bonds. The molecule has 1 N–H and O–H groups in total. The van der Waals surface area contributed by atoms with Crippen molar-refractivity contribution < 1.29 is 9.59 Å². The summed E-state index contributed by atoms with van der Waals surface area (Å²) in [5.41, 5.74) is 3.59. The van der Waals surface area contributed by atoms with Gasteiger partial charge in [-0.2, -0.15) is 0 Å². The first kappa shape index (κ1) is 18.8. The number of thioether (sulfide) groups is 1. The lowest BCUT2D eigenvalue weighted by Crippen LogP contribution is -2.33. The average molecular weight is 393 g/mol. The highest BCUT2D eigenvalue weighted by Crippen LogP contribution is 2.42. The van der Waals surface area contributed by atoms with Gasteiger partial charge in [0.05, 0.1) is 10.6 Å². The van der Waals surface area contributed by atoms with Crippen LogP contribution in [-0.2, 0) is 4.79 Å². The van der Waals surface area contributed by atoms with E-state index in [0.29, 0.717) is 10.5 Å². The molecule has 1 aliphatic carbocycles. The second-order valence-electron chi connectivity index (χ2n) is 7.52. The summed E-state index contributed by atoms with van der Waals surface area (Å²) in [4.78, 5) is 28.7. The molecule has 1 aliphatic heterocycles. The second-order valence-corrected chi connectivity index (χ2v) is 8.61. The van der Waals surface area contributed by atoms with Crippen LogP contribution in [0.4, 0.5) is 5.69 Å². The number of amides is 2. The number of hydrogen-bond donors (Lipinski definition) is 1. The van der Waals surface area contributed by atoms with Gasteiger partial charge in [0.2, 0.25) is 0 Å². The number of likely N-dealkylation sites (N-methyl/N-ethyl adjacent to an activating group) is 1. The third-order valence-corrected chi connectivity index (χ3v) is 6.46. The van der Waals surface area contributed by atoms with Crippen molar-refractivity contribution in [2.24, 2.45) is 0 Å². The fourth-order valence-electron chi connectivity index (χ4n) is 3.69. The largest absolute Gasteiger partial charge is 0.349 e. The first-order valence-corrected chi connectivity index (χ1v) is 10.5. The molecule has 28 heavy (non-hydrogen) atoms. The number of carbonyl (C=O) groups is 2. The highest BCUT2D eigenvalue weighted by Gasteiger charge is 2.27. The van der Waals surface area contributed by atoms with Crippen LogP contribution in [0.2, 0.25) is 0 Å². The van der Waals surface area contributed by atoms with Crippen LogP contribution in [0.25, 0.3) is 6.08 Å². The molecule has 1 fully saturated rings. The molecule has 0 saturated heterocycles. The monoisotopic (exact) mass is 392 g/mol. The SMILES string of the molecule is Cc1ccc(C=C2Sc3ccc(C(=O)NC4CCCC4)cc3N(C)C2=O)cc1. The first-order chi connectivity index (χ1) is 13.5. The number of carbonyl (C=O) groups excluding carboxylic acids is 2. The molecule has 144 valence electrons. The lowest BCUT2D eigenvalue weighted by molar-refractivity contribution is -0.114. The number of fused-ring (bicyclic) bond motifs is 1. The van der Waals surface area contributed by atoms with Crippen molar-refractivity contribution in [1.82, 2.24) is 5.32 Å². The third kappa shape index (κ3) is 3.85. The second kappa shape index (κ2) is 7.84. The van der Waals surface area contributed by atoms with E-state index in [9.17, 15) is 9.59 Å². The molecule has 0 bridgehead atoms. The molecule has 2 aliphatic rings. The van der Waals surface area contributed by atoms with E-state index in [0.717, 1.165) is 29.0 Å². The molecule has 4 rings (SSSR count). The molecule has 0 unspecified atom stereocenters. The summed E-state index contributed by atoms with van der Waals surface area (Å²) in [5.74, 6) is -0.104. The average Bonchev–Trinajstić information content (AvgIpc) is 3.20. The van der Waals surface area contributed by atoms with Gasteiger partial charge in [0.25, 0.3) is 11.8 Å². The fourth-order valence-corrected chi connectivity index (χ4v) is 4.78.